The van der Waals surface area contributed by atoms with Crippen LogP contribution in [0.3, 0.4) is 0 Å². The van der Waals surface area contributed by atoms with Crippen molar-refractivity contribution in [2.75, 3.05) is 7.11 Å². The summed E-state index contributed by atoms with van der Waals surface area (Å²) in [5, 5.41) is 14.5. The molecule has 0 spiro atoms. The molecule has 0 unspecified atom stereocenters. The van der Waals surface area contributed by atoms with E-state index in [0.717, 1.165) is 34.0 Å². The molecule has 3 aromatic rings. The number of nitrogens with one attached hydrogen (secondary N) is 2. The van der Waals surface area contributed by atoms with Gasteiger partial charge in [-0.05, 0) is 44.9 Å². The molecule has 0 aliphatic rings. The highest BCUT2D eigenvalue weighted by Gasteiger charge is 2.18. The number of benzene rings is 1. The van der Waals surface area contributed by atoms with Crippen molar-refractivity contribution in [1.82, 2.24) is 25.3 Å². The van der Waals surface area contributed by atoms with Crippen molar-refractivity contribution in [2.45, 2.75) is 33.2 Å². The Kier molecular flexibility index (Phi) is 5.30. The van der Waals surface area contributed by atoms with Crippen LogP contribution in [0, 0.1) is 13.8 Å². The smallest absolute Gasteiger partial charge is 0.269 e. The van der Waals surface area contributed by atoms with E-state index in [4.69, 9.17) is 4.74 Å². The Hall–Kier alpha value is -3.09. The van der Waals surface area contributed by atoms with Gasteiger partial charge in [-0.2, -0.15) is 10.2 Å². The highest BCUT2D eigenvalue weighted by molar-refractivity contribution is 5.93. The van der Waals surface area contributed by atoms with E-state index in [1.807, 2.05) is 56.8 Å². The summed E-state index contributed by atoms with van der Waals surface area (Å²) in [7, 11) is 3.54. The Labute approximate surface area is 158 Å². The summed E-state index contributed by atoms with van der Waals surface area (Å²) < 4.78 is 7.19. The third-order valence-electron chi connectivity index (χ3n) is 4.68. The number of methoxy groups -OCH3 is 1. The van der Waals surface area contributed by atoms with Crippen LogP contribution in [0.15, 0.2) is 30.3 Å². The first-order valence-corrected chi connectivity index (χ1v) is 8.89. The molecule has 0 bridgehead atoms. The van der Waals surface area contributed by atoms with Crippen molar-refractivity contribution in [3.63, 3.8) is 0 Å². The van der Waals surface area contributed by atoms with Crippen LogP contribution in [0.2, 0.25) is 0 Å². The third kappa shape index (κ3) is 3.86. The zero-order valence-corrected chi connectivity index (χ0v) is 16.3. The lowest BCUT2D eigenvalue weighted by Gasteiger charge is -2.15. The Morgan fingerprint density at radius 3 is 2.74 bits per heavy atom. The minimum absolute atomic E-state index is 0.0533. The van der Waals surface area contributed by atoms with Crippen molar-refractivity contribution < 1.29 is 9.53 Å². The summed E-state index contributed by atoms with van der Waals surface area (Å²) in [6.07, 6.45) is 0.678. The summed E-state index contributed by atoms with van der Waals surface area (Å²) in [5.74, 6) is 0.639. The van der Waals surface area contributed by atoms with E-state index >= 15 is 0 Å². The van der Waals surface area contributed by atoms with E-state index in [1.54, 1.807) is 13.2 Å². The molecule has 2 heterocycles. The van der Waals surface area contributed by atoms with Gasteiger partial charge in [0.15, 0.2) is 0 Å². The fraction of sp³-hybridized carbons (Fsp3) is 0.350. The monoisotopic (exact) mass is 367 g/mol. The number of carbonyl (C=O) groups excluding carboxylic acids is 1. The molecule has 0 saturated heterocycles. The lowest BCUT2D eigenvalue weighted by molar-refractivity contribution is 0.0935. The molecule has 0 saturated carbocycles. The van der Waals surface area contributed by atoms with E-state index in [-0.39, 0.29) is 11.9 Å². The maximum Gasteiger partial charge on any atom is 0.269 e. The van der Waals surface area contributed by atoms with E-state index < -0.39 is 0 Å². The van der Waals surface area contributed by atoms with Crippen molar-refractivity contribution >= 4 is 5.91 Å². The first-order valence-electron chi connectivity index (χ1n) is 8.89. The molecule has 3 rings (SSSR count). The highest BCUT2D eigenvalue weighted by Crippen LogP contribution is 2.25. The Morgan fingerprint density at radius 1 is 1.33 bits per heavy atom. The molecule has 1 aromatic carbocycles. The number of rotatable bonds is 6. The molecule has 7 heteroatoms. The van der Waals surface area contributed by atoms with Crippen LogP contribution in [0.1, 0.15) is 34.4 Å². The van der Waals surface area contributed by atoms with Crippen molar-refractivity contribution in [1.29, 1.82) is 0 Å². The number of hydrogen-bond donors (Lipinski definition) is 2. The minimum atomic E-state index is -0.185. The maximum atomic E-state index is 12.6. The number of aryl methyl sites for hydroxylation is 2. The van der Waals surface area contributed by atoms with Gasteiger partial charge in [-0.3, -0.25) is 14.6 Å². The molecule has 7 nitrogen and oxygen atoms in total. The summed E-state index contributed by atoms with van der Waals surface area (Å²) in [5.41, 5.74) is 5.06. The lowest BCUT2D eigenvalue weighted by atomic mass is 10.1. The molecule has 0 aliphatic carbocycles. The van der Waals surface area contributed by atoms with Gasteiger partial charge in [-0.1, -0.05) is 18.2 Å². The molecule has 1 atom stereocenters. The van der Waals surface area contributed by atoms with Gasteiger partial charge in [0, 0.05) is 24.3 Å². The van der Waals surface area contributed by atoms with Crippen LogP contribution >= 0.6 is 0 Å². The second-order valence-corrected chi connectivity index (χ2v) is 6.73. The zero-order valence-electron chi connectivity index (χ0n) is 16.3. The first-order chi connectivity index (χ1) is 12.9. The average molecular weight is 367 g/mol. The van der Waals surface area contributed by atoms with Crippen molar-refractivity contribution in [3.8, 4) is 17.0 Å². The number of nitrogens with zero attached hydrogens (tertiary/aromatic N) is 3. The van der Waals surface area contributed by atoms with Crippen LogP contribution in [-0.4, -0.2) is 39.0 Å². The van der Waals surface area contributed by atoms with Crippen LogP contribution in [-0.2, 0) is 13.5 Å². The van der Waals surface area contributed by atoms with Crippen LogP contribution in [0.4, 0.5) is 0 Å². The largest absolute Gasteiger partial charge is 0.496 e. The topological polar surface area (TPSA) is 84.8 Å². The first kappa shape index (κ1) is 18.7. The molecule has 0 fully saturated rings. The molecule has 0 radical (unpaired) electrons. The number of ether oxygens (including phenoxy) is 1. The standard InChI is InChI=1S/C20H25N5O2/c1-12(10-15-8-6-7-9-18(15)27-5)21-20(26)17-11-16(22-23-17)19-13(2)24-25(4)14(19)3/h6-9,11-12H,10H2,1-5H3,(H,21,26)(H,22,23)/t12-/m0/s1. The predicted molar refractivity (Wildman–Crippen MR) is 104 cm³/mol. The predicted octanol–water partition coefficient (Wildman–Crippen LogP) is 2.80. The second-order valence-electron chi connectivity index (χ2n) is 6.73. The molecule has 2 N–H and O–H groups in total. The van der Waals surface area contributed by atoms with Gasteiger partial charge in [0.2, 0.25) is 0 Å². The number of aromatic amines is 1. The maximum absolute atomic E-state index is 12.6. The molecule has 0 aliphatic heterocycles. The summed E-state index contributed by atoms with van der Waals surface area (Å²) in [6.45, 7) is 5.89. The van der Waals surface area contributed by atoms with Gasteiger partial charge in [0.25, 0.3) is 5.91 Å². The van der Waals surface area contributed by atoms with Gasteiger partial charge >= 0.3 is 0 Å². The fourth-order valence-electron chi connectivity index (χ4n) is 3.26. The van der Waals surface area contributed by atoms with E-state index in [1.165, 1.54) is 0 Å². The molecule has 27 heavy (non-hydrogen) atoms. The number of aromatic nitrogens is 4. The Morgan fingerprint density at radius 2 is 2.07 bits per heavy atom. The number of H-pyrrole nitrogens is 1. The van der Waals surface area contributed by atoms with Gasteiger partial charge in [-0.15, -0.1) is 0 Å². The normalized spacial score (nSPS) is 12.0. The Bertz CT molecular complexity index is 957. The van der Waals surface area contributed by atoms with Gasteiger partial charge in [0.05, 0.1) is 18.5 Å². The molecule has 1 amide bonds. The van der Waals surface area contributed by atoms with Crippen LogP contribution in [0.5, 0.6) is 5.75 Å². The molecular weight excluding hydrogens is 342 g/mol. The van der Waals surface area contributed by atoms with Gasteiger partial charge < -0.3 is 10.1 Å². The molecule has 142 valence electrons. The third-order valence-corrected chi connectivity index (χ3v) is 4.68. The van der Waals surface area contributed by atoms with Crippen molar-refractivity contribution in [2.24, 2.45) is 7.05 Å². The number of amides is 1. The van der Waals surface area contributed by atoms with Gasteiger partial charge in [0.1, 0.15) is 11.4 Å². The van der Waals surface area contributed by atoms with Crippen LogP contribution < -0.4 is 10.1 Å². The quantitative estimate of drug-likeness (QED) is 0.702. The van der Waals surface area contributed by atoms with E-state index in [9.17, 15) is 4.79 Å². The molecular formula is C20H25N5O2. The van der Waals surface area contributed by atoms with Crippen molar-refractivity contribution in [3.05, 3.63) is 53.0 Å². The number of carbonyl (C=O) groups is 1. The van der Waals surface area contributed by atoms with E-state index in [0.29, 0.717) is 12.1 Å². The SMILES string of the molecule is COc1ccccc1C[C@H](C)NC(=O)c1cc(-c2c(C)nn(C)c2C)n[nH]1. The van der Waals surface area contributed by atoms with E-state index in [2.05, 4.69) is 20.6 Å². The summed E-state index contributed by atoms with van der Waals surface area (Å²) in [4.78, 5) is 12.6. The highest BCUT2D eigenvalue weighted by atomic mass is 16.5. The average Bonchev–Trinajstić information content (AvgIpc) is 3.20. The van der Waals surface area contributed by atoms with Gasteiger partial charge in [-0.25, -0.2) is 0 Å². The Balaban J connectivity index is 1.71. The lowest BCUT2D eigenvalue weighted by Crippen LogP contribution is -2.34. The fourth-order valence-corrected chi connectivity index (χ4v) is 3.26. The second kappa shape index (κ2) is 7.65. The van der Waals surface area contributed by atoms with Crippen LogP contribution in [0.25, 0.3) is 11.3 Å². The minimum Gasteiger partial charge on any atom is -0.496 e. The summed E-state index contributed by atoms with van der Waals surface area (Å²) in [6, 6.07) is 9.53. The zero-order chi connectivity index (χ0) is 19.6. The number of hydrogen-bond acceptors (Lipinski definition) is 4. The molecule has 2 aromatic heterocycles. The number of para-hydroxylation sites is 1. The summed E-state index contributed by atoms with van der Waals surface area (Å²) >= 11 is 0.